The van der Waals surface area contributed by atoms with E-state index in [0.717, 1.165) is 25.2 Å². The van der Waals surface area contributed by atoms with Crippen molar-refractivity contribution in [2.24, 2.45) is 5.92 Å². The topological polar surface area (TPSA) is 21.3 Å². The molecule has 2 nitrogen and oxygen atoms in total. The van der Waals surface area contributed by atoms with Crippen molar-refractivity contribution in [2.75, 3.05) is 20.3 Å². The lowest BCUT2D eigenvalue weighted by Crippen LogP contribution is -2.26. The minimum Gasteiger partial charge on any atom is -0.382 e. The second-order valence-electron chi connectivity index (χ2n) is 4.00. The first kappa shape index (κ1) is 11.0. The lowest BCUT2D eigenvalue weighted by molar-refractivity contribution is 0.140. The number of nitrogens with one attached hydrogen (secondary N) is 1. The molecule has 1 aliphatic carbocycles. The van der Waals surface area contributed by atoms with E-state index in [1.165, 1.54) is 32.1 Å². The number of rotatable bonds is 8. The van der Waals surface area contributed by atoms with E-state index >= 15 is 0 Å². The van der Waals surface area contributed by atoms with Crippen LogP contribution < -0.4 is 5.32 Å². The van der Waals surface area contributed by atoms with Crippen LogP contribution in [0.5, 0.6) is 0 Å². The van der Waals surface area contributed by atoms with Gasteiger partial charge >= 0.3 is 0 Å². The number of ether oxygens (including phenoxy) is 1. The predicted molar refractivity (Wildman–Crippen MR) is 55.9 cm³/mol. The van der Waals surface area contributed by atoms with Crippen molar-refractivity contribution in [2.45, 2.75) is 45.1 Å². The zero-order valence-corrected chi connectivity index (χ0v) is 9.01. The van der Waals surface area contributed by atoms with E-state index in [9.17, 15) is 0 Å². The summed E-state index contributed by atoms with van der Waals surface area (Å²) in [6.45, 7) is 3.84. The Balaban J connectivity index is 1.94. The molecule has 0 heterocycles. The summed E-state index contributed by atoms with van der Waals surface area (Å²) in [5.74, 6) is 1.03. The highest BCUT2D eigenvalue weighted by Gasteiger charge is 2.24. The van der Waals surface area contributed by atoms with Crippen LogP contribution in [0, 0.1) is 5.92 Å². The molecule has 0 saturated heterocycles. The van der Waals surface area contributed by atoms with E-state index in [2.05, 4.69) is 19.3 Å². The third kappa shape index (κ3) is 5.27. The fourth-order valence-corrected chi connectivity index (χ4v) is 1.71. The molecule has 1 N–H and O–H groups in total. The predicted octanol–water partition coefficient (Wildman–Crippen LogP) is 2.19. The van der Waals surface area contributed by atoms with Gasteiger partial charge in [-0.3, -0.25) is 0 Å². The van der Waals surface area contributed by atoms with Crippen molar-refractivity contribution in [1.82, 2.24) is 5.32 Å². The zero-order valence-electron chi connectivity index (χ0n) is 9.01. The molecule has 0 radical (unpaired) electrons. The molecule has 0 aromatic carbocycles. The van der Waals surface area contributed by atoms with Crippen LogP contribution in [0.2, 0.25) is 0 Å². The monoisotopic (exact) mass is 185 g/mol. The van der Waals surface area contributed by atoms with Crippen LogP contribution in [0.1, 0.15) is 39.0 Å². The summed E-state index contributed by atoms with van der Waals surface area (Å²) >= 11 is 0. The zero-order chi connectivity index (χ0) is 9.52. The van der Waals surface area contributed by atoms with Crippen molar-refractivity contribution in [3.63, 3.8) is 0 Å². The second-order valence-corrected chi connectivity index (χ2v) is 4.00. The van der Waals surface area contributed by atoms with Gasteiger partial charge in [-0.2, -0.15) is 0 Å². The molecule has 1 unspecified atom stereocenters. The molecule has 0 aliphatic heterocycles. The maximum atomic E-state index is 5.32. The van der Waals surface area contributed by atoms with E-state index in [-0.39, 0.29) is 0 Å². The van der Waals surface area contributed by atoms with Crippen molar-refractivity contribution in [1.29, 1.82) is 0 Å². The Morgan fingerprint density at radius 1 is 1.46 bits per heavy atom. The maximum Gasteiger partial charge on any atom is 0.0466 e. The third-order valence-electron chi connectivity index (χ3n) is 2.77. The minimum atomic E-state index is 0.730. The summed E-state index contributed by atoms with van der Waals surface area (Å²) in [4.78, 5) is 0. The summed E-state index contributed by atoms with van der Waals surface area (Å²) < 4.78 is 5.32. The average Bonchev–Trinajstić information content (AvgIpc) is 2.94. The van der Waals surface area contributed by atoms with Gasteiger partial charge in [0.15, 0.2) is 0 Å². The van der Waals surface area contributed by atoms with Crippen molar-refractivity contribution < 1.29 is 4.74 Å². The second kappa shape index (κ2) is 6.39. The minimum absolute atomic E-state index is 0.730. The van der Waals surface area contributed by atoms with E-state index in [1.54, 1.807) is 0 Å². The van der Waals surface area contributed by atoms with E-state index in [0.29, 0.717) is 0 Å². The van der Waals surface area contributed by atoms with Gasteiger partial charge in [0.25, 0.3) is 0 Å². The van der Waals surface area contributed by atoms with Crippen LogP contribution in [0.25, 0.3) is 0 Å². The Bertz CT molecular complexity index is 123. The summed E-state index contributed by atoms with van der Waals surface area (Å²) in [6.07, 6.45) is 6.77. The van der Waals surface area contributed by atoms with Gasteiger partial charge < -0.3 is 10.1 Å². The summed E-state index contributed by atoms with van der Waals surface area (Å²) in [5.41, 5.74) is 0. The first-order valence-corrected chi connectivity index (χ1v) is 5.61. The molecule has 0 aromatic heterocycles. The SMILES string of the molecule is CCOCCCC(CC1CC1)NC. The van der Waals surface area contributed by atoms with Gasteiger partial charge in [-0.25, -0.2) is 0 Å². The average molecular weight is 185 g/mol. The van der Waals surface area contributed by atoms with E-state index < -0.39 is 0 Å². The molecule has 13 heavy (non-hydrogen) atoms. The van der Waals surface area contributed by atoms with Crippen molar-refractivity contribution >= 4 is 0 Å². The Morgan fingerprint density at radius 3 is 2.77 bits per heavy atom. The van der Waals surface area contributed by atoms with Crippen LogP contribution in [0.4, 0.5) is 0 Å². The summed E-state index contributed by atoms with van der Waals surface area (Å²) in [7, 11) is 2.08. The van der Waals surface area contributed by atoms with Crippen molar-refractivity contribution in [3.8, 4) is 0 Å². The van der Waals surface area contributed by atoms with Gasteiger partial charge in [0.1, 0.15) is 0 Å². The Morgan fingerprint density at radius 2 is 2.23 bits per heavy atom. The first-order chi connectivity index (χ1) is 6.36. The highest BCUT2D eigenvalue weighted by Crippen LogP contribution is 2.34. The smallest absolute Gasteiger partial charge is 0.0466 e. The standard InChI is InChI=1S/C11H23NO/c1-3-13-8-4-5-11(12-2)9-10-6-7-10/h10-12H,3-9H2,1-2H3. The van der Waals surface area contributed by atoms with Gasteiger partial charge in [-0.15, -0.1) is 0 Å². The molecule has 0 bridgehead atoms. The van der Waals surface area contributed by atoms with Crippen LogP contribution in [-0.4, -0.2) is 26.3 Å². The molecule has 0 spiro atoms. The fourth-order valence-electron chi connectivity index (χ4n) is 1.71. The molecule has 0 aromatic rings. The van der Waals surface area contributed by atoms with Crippen LogP contribution >= 0.6 is 0 Å². The molecule has 1 saturated carbocycles. The van der Waals surface area contributed by atoms with E-state index in [1.807, 2.05) is 0 Å². The van der Waals surface area contributed by atoms with Gasteiger partial charge in [-0.1, -0.05) is 12.8 Å². The summed E-state index contributed by atoms with van der Waals surface area (Å²) in [6, 6.07) is 0.730. The molecular weight excluding hydrogens is 162 g/mol. The Kier molecular flexibility index (Phi) is 5.40. The molecule has 2 heteroatoms. The molecule has 1 rings (SSSR count). The highest BCUT2D eigenvalue weighted by molar-refractivity contribution is 4.79. The van der Waals surface area contributed by atoms with Crippen molar-refractivity contribution in [3.05, 3.63) is 0 Å². The number of hydrogen-bond acceptors (Lipinski definition) is 2. The van der Waals surface area contributed by atoms with E-state index in [4.69, 9.17) is 4.74 Å². The normalized spacial score (nSPS) is 18.9. The molecular formula is C11H23NO. The van der Waals surface area contributed by atoms with Gasteiger partial charge in [0.2, 0.25) is 0 Å². The third-order valence-corrected chi connectivity index (χ3v) is 2.77. The largest absolute Gasteiger partial charge is 0.382 e. The molecule has 0 amide bonds. The first-order valence-electron chi connectivity index (χ1n) is 5.61. The highest BCUT2D eigenvalue weighted by atomic mass is 16.5. The molecule has 1 atom stereocenters. The van der Waals surface area contributed by atoms with Gasteiger partial charge in [0.05, 0.1) is 0 Å². The van der Waals surface area contributed by atoms with Gasteiger partial charge in [0, 0.05) is 19.3 Å². The lowest BCUT2D eigenvalue weighted by Gasteiger charge is -2.15. The number of hydrogen-bond donors (Lipinski definition) is 1. The molecule has 1 fully saturated rings. The Labute approximate surface area is 82.0 Å². The van der Waals surface area contributed by atoms with Crippen LogP contribution in [0.15, 0.2) is 0 Å². The summed E-state index contributed by atoms with van der Waals surface area (Å²) in [5, 5.41) is 3.39. The van der Waals surface area contributed by atoms with Crippen LogP contribution in [0.3, 0.4) is 0 Å². The quantitative estimate of drug-likeness (QED) is 0.585. The Hall–Kier alpha value is -0.0800. The fraction of sp³-hybridized carbons (Fsp3) is 1.00. The van der Waals surface area contributed by atoms with Gasteiger partial charge in [-0.05, 0) is 39.2 Å². The lowest BCUT2D eigenvalue weighted by atomic mass is 10.1. The van der Waals surface area contributed by atoms with Crippen LogP contribution in [-0.2, 0) is 4.74 Å². The molecule has 1 aliphatic rings. The molecule has 78 valence electrons. The maximum absolute atomic E-state index is 5.32.